The van der Waals surface area contributed by atoms with E-state index in [2.05, 4.69) is 5.32 Å². The number of nitrogens with zero attached hydrogens (tertiary/aromatic N) is 1. The molecule has 8 heteroatoms. The lowest BCUT2D eigenvalue weighted by atomic mass is 9.81. The normalized spacial score (nSPS) is 18.9. The van der Waals surface area contributed by atoms with E-state index in [0.717, 1.165) is 46.5 Å². The molecule has 4 rings (SSSR count). The molecule has 2 heterocycles. The lowest BCUT2D eigenvalue weighted by Crippen LogP contribution is -2.46. The van der Waals surface area contributed by atoms with E-state index in [1.807, 2.05) is 38.1 Å². The molecule has 0 unspecified atom stereocenters. The Bertz CT molecular complexity index is 1090. The molecule has 0 radical (unpaired) electrons. The van der Waals surface area contributed by atoms with Crippen LogP contribution in [0.25, 0.3) is 16.1 Å². The molecule has 1 aliphatic carbocycles. The van der Waals surface area contributed by atoms with Gasteiger partial charge in [0.2, 0.25) is 0 Å². The Morgan fingerprint density at radius 1 is 1.10 bits per heavy atom. The van der Waals surface area contributed by atoms with E-state index in [-0.39, 0.29) is 17.2 Å². The predicted octanol–water partition coefficient (Wildman–Crippen LogP) is 3.95. The number of hydrogen-bond donors (Lipinski definition) is 1. The first kappa shape index (κ1) is 20.1. The molecule has 29 heavy (non-hydrogen) atoms. The van der Waals surface area contributed by atoms with Crippen molar-refractivity contribution in [3.05, 3.63) is 46.2 Å². The SMILES string of the molecule is Cc1ccc(-c2nc(C3=C(OS(C)(=O)=O)C4(CCCCC4)NC3=O)c(C)s2)cc1. The molecule has 6 nitrogen and oxygen atoms in total. The van der Waals surface area contributed by atoms with Gasteiger partial charge in [-0.15, -0.1) is 11.3 Å². The van der Waals surface area contributed by atoms with Gasteiger partial charge in [-0.05, 0) is 26.7 Å². The molecular weight excluding hydrogens is 408 g/mol. The van der Waals surface area contributed by atoms with Crippen molar-refractivity contribution in [2.75, 3.05) is 6.26 Å². The summed E-state index contributed by atoms with van der Waals surface area (Å²) < 4.78 is 29.5. The number of aryl methyl sites for hydroxylation is 2. The monoisotopic (exact) mass is 432 g/mol. The number of hydrogen-bond acceptors (Lipinski definition) is 6. The van der Waals surface area contributed by atoms with E-state index in [0.29, 0.717) is 18.5 Å². The van der Waals surface area contributed by atoms with Crippen LogP contribution in [0.4, 0.5) is 0 Å². The van der Waals surface area contributed by atoms with Gasteiger partial charge in [0.15, 0.2) is 5.76 Å². The van der Waals surface area contributed by atoms with Gasteiger partial charge in [-0.3, -0.25) is 4.79 Å². The lowest BCUT2D eigenvalue weighted by Gasteiger charge is -2.34. The first-order valence-electron chi connectivity index (χ1n) is 9.70. The number of amides is 1. The maximum atomic E-state index is 13.0. The van der Waals surface area contributed by atoms with Crippen molar-refractivity contribution in [2.45, 2.75) is 51.5 Å². The molecule has 1 saturated carbocycles. The Labute approximate surface area is 175 Å². The zero-order valence-corrected chi connectivity index (χ0v) is 18.4. The van der Waals surface area contributed by atoms with Crippen molar-refractivity contribution >= 4 is 32.9 Å². The molecule has 0 atom stereocenters. The average Bonchev–Trinajstić information content (AvgIpc) is 3.13. The van der Waals surface area contributed by atoms with Crippen LogP contribution in [0.5, 0.6) is 0 Å². The summed E-state index contributed by atoms with van der Waals surface area (Å²) in [6, 6.07) is 8.03. The first-order valence-corrected chi connectivity index (χ1v) is 12.3. The third-order valence-electron chi connectivity index (χ3n) is 5.52. The molecule has 2 aromatic rings. The van der Waals surface area contributed by atoms with Crippen LogP contribution in [-0.4, -0.2) is 31.1 Å². The Hall–Kier alpha value is -2.19. The Balaban J connectivity index is 1.86. The molecule has 1 spiro atoms. The summed E-state index contributed by atoms with van der Waals surface area (Å²) in [7, 11) is -3.78. The number of carbonyl (C=O) groups is 1. The van der Waals surface area contributed by atoms with Crippen LogP contribution in [0.2, 0.25) is 0 Å². The molecule has 0 bridgehead atoms. The van der Waals surface area contributed by atoms with Crippen LogP contribution < -0.4 is 5.32 Å². The molecule has 1 fully saturated rings. The quantitative estimate of drug-likeness (QED) is 0.740. The Morgan fingerprint density at radius 2 is 1.76 bits per heavy atom. The topological polar surface area (TPSA) is 85.4 Å². The summed E-state index contributed by atoms with van der Waals surface area (Å²) >= 11 is 1.49. The highest BCUT2D eigenvalue weighted by atomic mass is 32.2. The largest absolute Gasteiger partial charge is 0.384 e. The number of aromatic nitrogens is 1. The zero-order chi connectivity index (χ0) is 20.8. The van der Waals surface area contributed by atoms with Crippen LogP contribution in [0.3, 0.4) is 0 Å². The summed E-state index contributed by atoms with van der Waals surface area (Å²) in [5.41, 5.74) is 2.12. The smallest absolute Gasteiger partial charge is 0.306 e. The van der Waals surface area contributed by atoms with Crippen LogP contribution in [-0.2, 0) is 19.1 Å². The van der Waals surface area contributed by atoms with Crippen LogP contribution in [0, 0.1) is 13.8 Å². The van der Waals surface area contributed by atoms with Gasteiger partial charge in [-0.1, -0.05) is 49.1 Å². The molecule has 1 aromatic heterocycles. The molecule has 1 aromatic carbocycles. The number of nitrogens with one attached hydrogen (secondary N) is 1. The number of thiazole rings is 1. The van der Waals surface area contributed by atoms with Gasteiger partial charge < -0.3 is 9.50 Å². The van der Waals surface area contributed by atoms with Crippen molar-refractivity contribution in [3.63, 3.8) is 0 Å². The van der Waals surface area contributed by atoms with Crippen LogP contribution >= 0.6 is 11.3 Å². The van der Waals surface area contributed by atoms with Crippen molar-refractivity contribution in [3.8, 4) is 10.6 Å². The standard InChI is InChI=1S/C21H24N2O4S2/c1-13-7-9-15(10-8-13)20-22-17(14(2)28-20)16-18(27-29(3,25)26)21(23-19(16)24)11-5-4-6-12-21/h7-10H,4-6,11-12H2,1-3H3,(H,23,24). The molecule has 1 N–H and O–H groups in total. The molecule has 1 amide bonds. The van der Waals surface area contributed by atoms with E-state index >= 15 is 0 Å². The second-order valence-corrected chi connectivity index (χ2v) is 10.7. The molecule has 0 saturated heterocycles. The fraction of sp³-hybridized carbons (Fsp3) is 0.429. The maximum Gasteiger partial charge on any atom is 0.306 e. The second-order valence-electron chi connectivity index (χ2n) is 7.88. The predicted molar refractivity (Wildman–Crippen MR) is 114 cm³/mol. The third-order valence-corrected chi connectivity index (χ3v) is 7.00. The van der Waals surface area contributed by atoms with Crippen LogP contribution in [0.1, 0.15) is 48.2 Å². The maximum absolute atomic E-state index is 13.0. The van der Waals surface area contributed by atoms with Gasteiger partial charge in [-0.25, -0.2) is 4.98 Å². The molecule has 1 aliphatic heterocycles. The summed E-state index contributed by atoms with van der Waals surface area (Å²) in [4.78, 5) is 18.6. The van der Waals surface area contributed by atoms with E-state index in [1.165, 1.54) is 11.3 Å². The molecule has 154 valence electrons. The van der Waals surface area contributed by atoms with E-state index < -0.39 is 15.7 Å². The summed E-state index contributed by atoms with van der Waals surface area (Å²) in [6.45, 7) is 3.92. The van der Waals surface area contributed by atoms with Gasteiger partial charge >= 0.3 is 10.1 Å². The summed E-state index contributed by atoms with van der Waals surface area (Å²) in [5, 5.41) is 3.83. The summed E-state index contributed by atoms with van der Waals surface area (Å²) in [5.74, 6) is -0.0945. The minimum Gasteiger partial charge on any atom is -0.384 e. The van der Waals surface area contributed by atoms with Crippen molar-refractivity contribution in [1.29, 1.82) is 0 Å². The number of carbonyl (C=O) groups excluding carboxylic acids is 1. The molecular formula is C21H24N2O4S2. The third kappa shape index (κ3) is 3.83. The van der Waals surface area contributed by atoms with Gasteiger partial charge in [-0.2, -0.15) is 8.42 Å². The Morgan fingerprint density at radius 3 is 2.38 bits per heavy atom. The van der Waals surface area contributed by atoms with Crippen molar-refractivity contribution in [2.24, 2.45) is 0 Å². The van der Waals surface area contributed by atoms with E-state index in [9.17, 15) is 13.2 Å². The highest BCUT2D eigenvalue weighted by Crippen LogP contribution is 2.45. The zero-order valence-electron chi connectivity index (χ0n) is 16.7. The number of benzene rings is 1. The van der Waals surface area contributed by atoms with Gasteiger partial charge in [0.1, 0.15) is 16.1 Å². The van der Waals surface area contributed by atoms with Crippen molar-refractivity contribution < 1.29 is 17.4 Å². The van der Waals surface area contributed by atoms with E-state index in [4.69, 9.17) is 9.17 Å². The van der Waals surface area contributed by atoms with Crippen LogP contribution in [0.15, 0.2) is 30.0 Å². The summed E-state index contributed by atoms with van der Waals surface area (Å²) in [6.07, 6.45) is 5.24. The molecule has 2 aliphatic rings. The second kappa shape index (κ2) is 7.25. The minimum absolute atomic E-state index is 0.216. The first-order chi connectivity index (χ1) is 13.7. The lowest BCUT2D eigenvalue weighted by molar-refractivity contribution is -0.116. The van der Waals surface area contributed by atoms with Gasteiger partial charge in [0.25, 0.3) is 5.91 Å². The minimum atomic E-state index is -3.78. The van der Waals surface area contributed by atoms with Crippen molar-refractivity contribution in [1.82, 2.24) is 10.3 Å². The number of rotatable bonds is 4. The van der Waals surface area contributed by atoms with Gasteiger partial charge in [0.05, 0.1) is 11.9 Å². The fourth-order valence-electron chi connectivity index (χ4n) is 4.12. The highest BCUT2D eigenvalue weighted by Gasteiger charge is 2.49. The average molecular weight is 433 g/mol. The van der Waals surface area contributed by atoms with E-state index in [1.54, 1.807) is 0 Å². The fourth-order valence-corrected chi connectivity index (χ4v) is 5.59. The Kier molecular flexibility index (Phi) is 5.02. The van der Waals surface area contributed by atoms with Gasteiger partial charge in [0, 0.05) is 10.4 Å². The highest BCUT2D eigenvalue weighted by molar-refractivity contribution is 7.86.